The Morgan fingerprint density at radius 2 is 2.11 bits per heavy atom. The van der Waals surface area contributed by atoms with E-state index in [1.54, 1.807) is 0 Å². The molecule has 2 N–H and O–H groups in total. The number of amides is 1. The van der Waals surface area contributed by atoms with Gasteiger partial charge in [-0.15, -0.1) is 0 Å². The van der Waals surface area contributed by atoms with Crippen molar-refractivity contribution in [3.63, 3.8) is 0 Å². The summed E-state index contributed by atoms with van der Waals surface area (Å²) in [7, 11) is 0. The molecule has 0 radical (unpaired) electrons. The molecule has 1 fully saturated rings. The van der Waals surface area contributed by atoms with Crippen molar-refractivity contribution in [2.24, 2.45) is 0 Å². The Hall–Kier alpha value is -1.26. The van der Waals surface area contributed by atoms with E-state index in [2.05, 4.69) is 0 Å². The third-order valence-electron chi connectivity index (χ3n) is 3.71. The van der Waals surface area contributed by atoms with Gasteiger partial charge in [0, 0.05) is 11.1 Å². The molecule has 4 nitrogen and oxygen atoms in total. The molecular formula is C14H18ClNO3. The Morgan fingerprint density at radius 1 is 1.47 bits per heavy atom. The lowest BCUT2D eigenvalue weighted by molar-refractivity contribution is 0.0408. The van der Waals surface area contributed by atoms with Crippen molar-refractivity contribution < 1.29 is 15.0 Å². The molecule has 1 aromatic rings. The van der Waals surface area contributed by atoms with E-state index in [4.69, 9.17) is 16.7 Å². The van der Waals surface area contributed by atoms with Gasteiger partial charge < -0.3 is 15.1 Å². The van der Waals surface area contributed by atoms with Crippen LogP contribution < -0.4 is 0 Å². The van der Waals surface area contributed by atoms with E-state index in [1.807, 2.05) is 31.2 Å². The molecule has 1 amide bonds. The first-order valence-electron chi connectivity index (χ1n) is 6.36. The second-order valence-electron chi connectivity index (χ2n) is 5.31. The topological polar surface area (TPSA) is 60.8 Å². The van der Waals surface area contributed by atoms with Gasteiger partial charge in [0.15, 0.2) is 0 Å². The summed E-state index contributed by atoms with van der Waals surface area (Å²) in [4.78, 5) is 12.3. The van der Waals surface area contributed by atoms with Crippen molar-refractivity contribution in [2.45, 2.75) is 37.8 Å². The molecule has 5 heteroatoms. The summed E-state index contributed by atoms with van der Waals surface area (Å²) in [5.41, 5.74) is 0.177. The summed E-state index contributed by atoms with van der Waals surface area (Å²) < 4.78 is 0. The van der Waals surface area contributed by atoms with E-state index in [-0.39, 0.29) is 12.6 Å². The van der Waals surface area contributed by atoms with E-state index in [1.165, 1.54) is 4.90 Å². The van der Waals surface area contributed by atoms with Gasteiger partial charge in [0.2, 0.25) is 0 Å². The maximum atomic E-state index is 11.0. The number of rotatable bonds is 3. The van der Waals surface area contributed by atoms with Crippen LogP contribution in [0.5, 0.6) is 0 Å². The van der Waals surface area contributed by atoms with Crippen molar-refractivity contribution in [2.75, 3.05) is 6.54 Å². The average molecular weight is 284 g/mol. The number of carboxylic acid groups (broad SMARTS) is 1. The van der Waals surface area contributed by atoms with E-state index >= 15 is 0 Å². The van der Waals surface area contributed by atoms with Crippen LogP contribution in [-0.2, 0) is 6.42 Å². The van der Waals surface area contributed by atoms with Crippen LogP contribution in [0, 0.1) is 0 Å². The van der Waals surface area contributed by atoms with Gasteiger partial charge in [0.05, 0.1) is 12.1 Å². The highest BCUT2D eigenvalue weighted by Gasteiger charge is 2.42. The Morgan fingerprint density at radius 3 is 2.63 bits per heavy atom. The summed E-state index contributed by atoms with van der Waals surface area (Å²) in [6.45, 7) is 2.02. The van der Waals surface area contributed by atoms with E-state index in [9.17, 15) is 9.90 Å². The fourth-order valence-corrected chi connectivity index (χ4v) is 2.79. The monoisotopic (exact) mass is 283 g/mol. The minimum absolute atomic E-state index is 0.132. The molecule has 1 heterocycles. The predicted octanol–water partition coefficient (Wildman–Crippen LogP) is 2.78. The first-order valence-corrected chi connectivity index (χ1v) is 6.74. The van der Waals surface area contributed by atoms with Crippen LogP contribution >= 0.6 is 11.6 Å². The summed E-state index contributed by atoms with van der Waals surface area (Å²) >= 11 is 5.82. The summed E-state index contributed by atoms with van der Waals surface area (Å²) in [5, 5.41) is 20.2. The maximum Gasteiger partial charge on any atom is 0.407 e. The molecule has 0 saturated carbocycles. The highest BCUT2D eigenvalue weighted by molar-refractivity contribution is 6.30. The number of halogens is 1. The highest BCUT2D eigenvalue weighted by atomic mass is 35.5. The smallest absolute Gasteiger partial charge is 0.407 e. The third-order valence-corrected chi connectivity index (χ3v) is 3.96. The molecule has 1 aromatic carbocycles. The number of aliphatic hydroxyl groups is 1. The lowest BCUT2D eigenvalue weighted by Crippen LogP contribution is -2.36. The first-order chi connectivity index (χ1) is 8.89. The zero-order valence-electron chi connectivity index (χ0n) is 10.8. The van der Waals surface area contributed by atoms with Crippen LogP contribution in [-0.4, -0.2) is 39.4 Å². The van der Waals surface area contributed by atoms with Gasteiger partial charge in [0.1, 0.15) is 0 Å². The molecule has 1 unspecified atom stereocenters. The van der Waals surface area contributed by atoms with Gasteiger partial charge in [-0.25, -0.2) is 4.79 Å². The summed E-state index contributed by atoms with van der Waals surface area (Å²) in [6.07, 6.45) is 0.804. The second kappa shape index (κ2) is 5.39. The van der Waals surface area contributed by atoms with Gasteiger partial charge in [-0.3, -0.25) is 0 Å². The van der Waals surface area contributed by atoms with Gasteiger partial charge in [-0.2, -0.15) is 0 Å². The van der Waals surface area contributed by atoms with Crippen molar-refractivity contribution >= 4 is 17.7 Å². The normalized spacial score (nSPS) is 26.7. The summed E-state index contributed by atoms with van der Waals surface area (Å²) in [5.74, 6) is 0. The second-order valence-corrected chi connectivity index (χ2v) is 5.75. The van der Waals surface area contributed by atoms with Gasteiger partial charge in [-0.1, -0.05) is 23.7 Å². The zero-order chi connectivity index (χ0) is 14.0. The van der Waals surface area contributed by atoms with E-state index in [0.717, 1.165) is 5.56 Å². The van der Waals surface area contributed by atoms with Crippen molar-refractivity contribution in [3.8, 4) is 0 Å². The molecular weight excluding hydrogens is 266 g/mol. The van der Waals surface area contributed by atoms with E-state index < -0.39 is 11.7 Å². The van der Waals surface area contributed by atoms with Crippen LogP contribution in [0.2, 0.25) is 5.02 Å². The third kappa shape index (κ3) is 3.39. The molecule has 19 heavy (non-hydrogen) atoms. The standard InChI is InChI=1S/C14H18ClNO3/c1-10-8-14(19,9-16(10)13(17)18)7-6-11-2-4-12(15)5-3-11/h2-5,10,19H,6-9H2,1H3,(H,17,18)/t10-,14?/m1/s1. The molecule has 0 spiro atoms. The van der Waals surface area contributed by atoms with Crippen LogP contribution in [0.15, 0.2) is 24.3 Å². The van der Waals surface area contributed by atoms with Gasteiger partial charge >= 0.3 is 6.09 Å². The number of β-amino-alcohol motifs (C(OH)–C–C–N with tert-alkyl or cyclic N) is 1. The SMILES string of the molecule is C[C@@H]1CC(O)(CCc2ccc(Cl)cc2)CN1C(=O)O. The van der Waals surface area contributed by atoms with Crippen molar-refractivity contribution in [1.29, 1.82) is 0 Å². The Balaban J connectivity index is 1.96. The molecule has 2 rings (SSSR count). The zero-order valence-corrected chi connectivity index (χ0v) is 11.6. The molecule has 1 saturated heterocycles. The van der Waals surface area contributed by atoms with Crippen molar-refractivity contribution in [1.82, 2.24) is 4.90 Å². The van der Waals surface area contributed by atoms with Crippen LogP contribution in [0.25, 0.3) is 0 Å². The molecule has 0 bridgehead atoms. The molecule has 1 aliphatic heterocycles. The fourth-order valence-electron chi connectivity index (χ4n) is 2.66. The number of benzene rings is 1. The molecule has 104 valence electrons. The molecule has 0 aromatic heterocycles. The first kappa shape index (κ1) is 14.2. The van der Waals surface area contributed by atoms with Gasteiger partial charge in [0.25, 0.3) is 0 Å². The average Bonchev–Trinajstić information content (AvgIpc) is 2.65. The van der Waals surface area contributed by atoms with Crippen LogP contribution in [0.4, 0.5) is 4.79 Å². The molecule has 0 aliphatic carbocycles. The van der Waals surface area contributed by atoms with Gasteiger partial charge in [-0.05, 0) is 43.9 Å². The Labute approximate surface area is 117 Å². The van der Waals surface area contributed by atoms with Crippen LogP contribution in [0.3, 0.4) is 0 Å². The largest absolute Gasteiger partial charge is 0.465 e. The summed E-state index contributed by atoms with van der Waals surface area (Å²) in [6, 6.07) is 7.37. The quantitative estimate of drug-likeness (QED) is 0.897. The minimum Gasteiger partial charge on any atom is -0.465 e. The minimum atomic E-state index is -0.963. The Bertz CT molecular complexity index is 462. The molecule has 2 atom stereocenters. The maximum absolute atomic E-state index is 11.0. The fraction of sp³-hybridized carbons (Fsp3) is 0.500. The lowest BCUT2D eigenvalue weighted by atomic mass is 9.92. The van der Waals surface area contributed by atoms with Crippen molar-refractivity contribution in [3.05, 3.63) is 34.9 Å². The number of hydrogen-bond donors (Lipinski definition) is 2. The lowest BCUT2D eigenvalue weighted by Gasteiger charge is -2.22. The molecule has 1 aliphatic rings. The number of hydrogen-bond acceptors (Lipinski definition) is 2. The predicted molar refractivity (Wildman–Crippen MR) is 73.5 cm³/mol. The highest BCUT2D eigenvalue weighted by Crippen LogP contribution is 2.31. The number of nitrogens with zero attached hydrogens (tertiary/aromatic N) is 1. The Kier molecular flexibility index (Phi) is 4.02. The number of likely N-dealkylation sites (tertiary alicyclic amines) is 1. The van der Waals surface area contributed by atoms with E-state index in [0.29, 0.717) is 24.3 Å². The number of carbonyl (C=O) groups is 1. The van der Waals surface area contributed by atoms with Crippen LogP contribution in [0.1, 0.15) is 25.3 Å². The number of aryl methyl sites for hydroxylation is 1.